The van der Waals surface area contributed by atoms with Crippen LogP contribution in [0, 0.1) is 20.8 Å². The minimum absolute atomic E-state index is 0.00318. The van der Waals surface area contributed by atoms with E-state index in [1.165, 1.54) is 28.2 Å². The second-order valence-electron chi connectivity index (χ2n) is 8.91. The fourth-order valence-corrected chi connectivity index (χ4v) is 5.51. The number of rotatable bonds is 5. The lowest BCUT2D eigenvalue weighted by molar-refractivity contribution is 0.0842. The van der Waals surface area contributed by atoms with Crippen LogP contribution >= 0.6 is 12.2 Å². The Labute approximate surface area is 195 Å². The topological polar surface area (TPSA) is 42.3 Å². The van der Waals surface area contributed by atoms with Crippen LogP contribution in [0.25, 0.3) is 5.69 Å². The maximum atomic E-state index is 5.98. The van der Waals surface area contributed by atoms with Crippen molar-refractivity contribution in [3.63, 3.8) is 0 Å². The van der Waals surface area contributed by atoms with Gasteiger partial charge in [-0.1, -0.05) is 18.2 Å². The van der Waals surface area contributed by atoms with Crippen LogP contribution in [0.5, 0.6) is 0 Å². The minimum Gasteiger partial charge on any atom is -0.376 e. The molecule has 1 N–H and O–H groups in total. The van der Waals surface area contributed by atoms with Gasteiger partial charge in [-0.2, -0.15) is 0 Å². The van der Waals surface area contributed by atoms with E-state index in [1.54, 1.807) is 0 Å². The van der Waals surface area contributed by atoms with Crippen LogP contribution in [0.1, 0.15) is 53.1 Å². The Morgan fingerprint density at radius 2 is 2.00 bits per heavy atom. The molecule has 166 valence electrons. The third-order valence-electron chi connectivity index (χ3n) is 6.67. The van der Waals surface area contributed by atoms with Crippen molar-refractivity contribution in [2.75, 3.05) is 13.2 Å². The summed E-state index contributed by atoms with van der Waals surface area (Å²) in [6.45, 7) is 8.17. The smallest absolute Gasteiger partial charge is 0.170 e. The lowest BCUT2D eigenvalue weighted by atomic mass is 9.96. The van der Waals surface area contributed by atoms with Crippen LogP contribution < -0.4 is 5.32 Å². The van der Waals surface area contributed by atoms with Gasteiger partial charge in [-0.15, -0.1) is 0 Å². The van der Waals surface area contributed by atoms with Crippen molar-refractivity contribution in [1.29, 1.82) is 0 Å². The predicted octanol–water partition coefficient (Wildman–Crippen LogP) is 4.95. The van der Waals surface area contributed by atoms with Crippen LogP contribution in [-0.2, 0) is 4.74 Å². The number of nitrogens with zero attached hydrogens (tertiary/aromatic N) is 3. The van der Waals surface area contributed by atoms with Crippen LogP contribution in [0.15, 0.2) is 54.7 Å². The quantitative estimate of drug-likeness (QED) is 0.562. The molecule has 2 aliphatic rings. The van der Waals surface area contributed by atoms with E-state index in [0.717, 1.165) is 36.8 Å². The zero-order valence-corrected chi connectivity index (χ0v) is 19.7. The number of hydrogen-bond acceptors (Lipinski definition) is 3. The molecule has 2 aromatic heterocycles. The van der Waals surface area contributed by atoms with Gasteiger partial charge < -0.3 is 19.5 Å². The summed E-state index contributed by atoms with van der Waals surface area (Å²) in [5, 5.41) is 4.36. The molecule has 0 spiro atoms. The molecule has 2 saturated heterocycles. The van der Waals surface area contributed by atoms with Crippen LogP contribution in [0.3, 0.4) is 0 Å². The van der Waals surface area contributed by atoms with E-state index in [9.17, 15) is 0 Å². The number of aromatic nitrogens is 2. The number of aryl methyl sites for hydroxylation is 2. The summed E-state index contributed by atoms with van der Waals surface area (Å²) in [5.74, 6) is 0. The first-order valence-corrected chi connectivity index (χ1v) is 11.8. The van der Waals surface area contributed by atoms with E-state index in [4.69, 9.17) is 17.0 Å². The largest absolute Gasteiger partial charge is 0.376 e. The molecule has 0 amide bonds. The SMILES string of the molecule is Cc1cccc(-n2c(C)cc([C@H]3[C@@H](c4ccccn4)NC(=S)N3C[C@@H]3CCCO3)c2C)c1. The fourth-order valence-electron chi connectivity index (χ4n) is 5.20. The van der Waals surface area contributed by atoms with Crippen molar-refractivity contribution in [2.24, 2.45) is 0 Å². The maximum absolute atomic E-state index is 5.98. The Kier molecular flexibility index (Phi) is 5.74. The summed E-state index contributed by atoms with van der Waals surface area (Å²) in [5.41, 5.74) is 7.20. The maximum Gasteiger partial charge on any atom is 0.170 e. The molecule has 4 heterocycles. The number of thiocarbonyl (C=S) groups is 1. The van der Waals surface area contributed by atoms with Gasteiger partial charge in [0.15, 0.2) is 5.11 Å². The first kappa shape index (κ1) is 21.2. The van der Waals surface area contributed by atoms with Crippen LogP contribution in [0.2, 0.25) is 0 Å². The summed E-state index contributed by atoms with van der Waals surface area (Å²) in [4.78, 5) is 7.01. The molecule has 32 heavy (non-hydrogen) atoms. The molecule has 0 unspecified atom stereocenters. The van der Waals surface area contributed by atoms with E-state index >= 15 is 0 Å². The average molecular weight is 447 g/mol. The van der Waals surface area contributed by atoms with Crippen molar-refractivity contribution < 1.29 is 4.74 Å². The highest BCUT2D eigenvalue weighted by Gasteiger charge is 2.42. The molecule has 2 fully saturated rings. The molecule has 1 aromatic carbocycles. The highest BCUT2D eigenvalue weighted by Crippen LogP contribution is 2.42. The number of ether oxygens (including phenoxy) is 1. The van der Waals surface area contributed by atoms with Crippen molar-refractivity contribution in [3.8, 4) is 5.69 Å². The summed E-state index contributed by atoms with van der Waals surface area (Å²) in [7, 11) is 0. The zero-order valence-electron chi connectivity index (χ0n) is 18.9. The second kappa shape index (κ2) is 8.68. The van der Waals surface area contributed by atoms with Gasteiger partial charge in [-0.05, 0) is 87.3 Å². The highest BCUT2D eigenvalue weighted by atomic mass is 32.1. The van der Waals surface area contributed by atoms with E-state index in [2.05, 4.69) is 76.9 Å². The van der Waals surface area contributed by atoms with Gasteiger partial charge in [-0.25, -0.2) is 0 Å². The van der Waals surface area contributed by atoms with Gasteiger partial charge in [0.05, 0.1) is 23.9 Å². The standard InChI is InChI=1S/C26H30N4OS/c1-17-8-6-9-20(14-17)30-18(2)15-22(19(30)3)25-24(23-11-4-5-12-27-23)28-26(32)29(25)16-21-10-7-13-31-21/h4-6,8-9,11-12,14-15,21,24-25H,7,10,13,16H2,1-3H3,(H,28,32)/t21-,24+,25-/m0/s1. The first-order valence-electron chi connectivity index (χ1n) is 11.4. The van der Waals surface area contributed by atoms with E-state index in [-0.39, 0.29) is 18.2 Å². The van der Waals surface area contributed by atoms with Crippen molar-refractivity contribution in [3.05, 3.63) is 82.9 Å². The third kappa shape index (κ3) is 3.82. The summed E-state index contributed by atoms with van der Waals surface area (Å²) in [6, 6.07) is 17.1. The molecule has 0 saturated carbocycles. The zero-order chi connectivity index (χ0) is 22.2. The molecule has 3 aromatic rings. The Balaban J connectivity index is 1.59. The van der Waals surface area contributed by atoms with E-state index in [1.807, 2.05) is 18.3 Å². The Morgan fingerprint density at radius 1 is 1.12 bits per heavy atom. The van der Waals surface area contributed by atoms with Gasteiger partial charge in [0.25, 0.3) is 0 Å². The van der Waals surface area contributed by atoms with Crippen molar-refractivity contribution >= 4 is 17.3 Å². The predicted molar refractivity (Wildman–Crippen MR) is 131 cm³/mol. The number of hydrogen-bond donors (Lipinski definition) is 1. The van der Waals surface area contributed by atoms with Gasteiger partial charge in [-0.3, -0.25) is 4.98 Å². The molecule has 5 rings (SSSR count). The van der Waals surface area contributed by atoms with Gasteiger partial charge in [0, 0.05) is 36.4 Å². The van der Waals surface area contributed by atoms with E-state index in [0.29, 0.717) is 0 Å². The number of nitrogens with one attached hydrogen (secondary N) is 1. The lowest BCUT2D eigenvalue weighted by Gasteiger charge is -2.30. The van der Waals surface area contributed by atoms with Crippen molar-refractivity contribution in [2.45, 2.75) is 51.8 Å². The molecule has 0 bridgehead atoms. The molecule has 3 atom stereocenters. The van der Waals surface area contributed by atoms with Crippen molar-refractivity contribution in [1.82, 2.24) is 19.8 Å². The van der Waals surface area contributed by atoms with E-state index < -0.39 is 0 Å². The van der Waals surface area contributed by atoms with Gasteiger partial charge in [0.1, 0.15) is 0 Å². The van der Waals surface area contributed by atoms with Gasteiger partial charge >= 0.3 is 0 Å². The van der Waals surface area contributed by atoms with Crippen LogP contribution in [-0.4, -0.2) is 38.8 Å². The summed E-state index contributed by atoms with van der Waals surface area (Å²) >= 11 is 5.85. The first-order chi connectivity index (χ1) is 15.5. The number of benzene rings is 1. The highest BCUT2D eigenvalue weighted by molar-refractivity contribution is 7.80. The minimum atomic E-state index is -0.00318. The Bertz CT molecular complexity index is 1120. The normalized spacial score (nSPS) is 23.0. The molecular formula is C26H30N4OS. The molecule has 5 nitrogen and oxygen atoms in total. The monoisotopic (exact) mass is 446 g/mol. The molecular weight excluding hydrogens is 416 g/mol. The average Bonchev–Trinajstić information content (AvgIpc) is 3.48. The molecule has 2 aliphatic heterocycles. The second-order valence-corrected chi connectivity index (χ2v) is 9.30. The summed E-state index contributed by atoms with van der Waals surface area (Å²) < 4.78 is 8.33. The van der Waals surface area contributed by atoms with Gasteiger partial charge in [0.2, 0.25) is 0 Å². The number of pyridine rings is 1. The molecule has 6 heteroatoms. The lowest BCUT2D eigenvalue weighted by Crippen LogP contribution is -2.36. The van der Waals surface area contributed by atoms with Crippen LogP contribution in [0.4, 0.5) is 0 Å². The fraction of sp³-hybridized carbons (Fsp3) is 0.385. The summed E-state index contributed by atoms with van der Waals surface area (Å²) in [6.07, 6.45) is 4.28. The Hall–Kier alpha value is -2.70. The molecule has 0 aliphatic carbocycles. The third-order valence-corrected chi connectivity index (χ3v) is 7.02. The Morgan fingerprint density at radius 3 is 2.72 bits per heavy atom. The molecule has 0 radical (unpaired) electrons.